The molecule has 1 aromatic carbocycles. The highest BCUT2D eigenvalue weighted by atomic mass is 35.5. The molecule has 1 amide bonds. The molecule has 3 heterocycles. The molecule has 0 unspecified atom stereocenters. The summed E-state index contributed by atoms with van der Waals surface area (Å²) in [6.45, 7) is 3.83. The lowest BCUT2D eigenvalue weighted by Crippen LogP contribution is -2.17. The van der Waals surface area contributed by atoms with Gasteiger partial charge in [-0.2, -0.15) is 5.10 Å². The lowest BCUT2D eigenvalue weighted by atomic mass is 10.1. The Kier molecular flexibility index (Phi) is 8.36. The minimum atomic E-state index is -0.458. The molecule has 2 aromatic heterocycles. The Labute approximate surface area is 186 Å². The van der Waals surface area contributed by atoms with E-state index >= 15 is 0 Å². The fourth-order valence-electron chi connectivity index (χ4n) is 3.25. The van der Waals surface area contributed by atoms with Crippen molar-refractivity contribution in [3.8, 4) is 22.9 Å². The van der Waals surface area contributed by atoms with E-state index in [0.717, 1.165) is 43.1 Å². The number of nitrogens with one attached hydrogen (secondary N) is 1. The maximum atomic E-state index is 11.3. The standard InChI is InChI=1S/C19H23N7O2.2ClH/c1-28-11-10-26-19(15-12-25-9-8-21-7-6-16(25)22-15)23-18(24-26)14-4-2-13(3-5-14)17(20)27;;/h2-5,12,21H,6-11H2,1H3,(H2,20,27);2*1H. The quantitative estimate of drug-likeness (QED) is 0.585. The van der Waals surface area contributed by atoms with Gasteiger partial charge in [0.05, 0.1) is 13.2 Å². The molecule has 4 rings (SSSR count). The van der Waals surface area contributed by atoms with Crippen molar-refractivity contribution in [1.82, 2.24) is 29.6 Å². The number of nitrogens with two attached hydrogens (primary N) is 1. The summed E-state index contributed by atoms with van der Waals surface area (Å²) in [5, 5.41) is 8.01. The summed E-state index contributed by atoms with van der Waals surface area (Å²) < 4.78 is 9.21. The zero-order valence-corrected chi connectivity index (χ0v) is 18.2. The van der Waals surface area contributed by atoms with E-state index in [0.29, 0.717) is 30.4 Å². The molecule has 0 aliphatic carbocycles. The summed E-state index contributed by atoms with van der Waals surface area (Å²) in [6, 6.07) is 6.96. The molecule has 0 radical (unpaired) electrons. The first kappa shape index (κ1) is 23.8. The number of hydrogen-bond acceptors (Lipinski definition) is 6. The van der Waals surface area contributed by atoms with Crippen LogP contribution in [0.3, 0.4) is 0 Å². The van der Waals surface area contributed by atoms with Crippen molar-refractivity contribution in [2.75, 3.05) is 26.8 Å². The molecule has 0 bridgehead atoms. The molecular weight excluding hydrogens is 429 g/mol. The normalized spacial score (nSPS) is 13.0. The maximum absolute atomic E-state index is 11.3. The maximum Gasteiger partial charge on any atom is 0.248 e. The van der Waals surface area contributed by atoms with Gasteiger partial charge in [-0.3, -0.25) is 4.79 Å². The minimum absolute atomic E-state index is 0. The number of rotatable bonds is 6. The molecule has 0 spiro atoms. The number of ether oxygens (including phenoxy) is 1. The third-order valence-corrected chi connectivity index (χ3v) is 4.75. The van der Waals surface area contributed by atoms with Gasteiger partial charge >= 0.3 is 0 Å². The number of primary amides is 1. The SMILES string of the molecule is COCCn1nc(-c2ccc(C(N)=O)cc2)nc1-c1cn2c(n1)CCNCC2.Cl.Cl. The first-order valence-corrected chi connectivity index (χ1v) is 9.27. The molecule has 0 saturated heterocycles. The number of aromatic nitrogens is 5. The Morgan fingerprint density at radius 2 is 1.97 bits per heavy atom. The van der Waals surface area contributed by atoms with Crippen LogP contribution in [0.15, 0.2) is 30.5 Å². The van der Waals surface area contributed by atoms with Crippen molar-refractivity contribution < 1.29 is 9.53 Å². The van der Waals surface area contributed by atoms with Crippen LogP contribution in [0, 0.1) is 0 Å². The monoisotopic (exact) mass is 453 g/mol. The van der Waals surface area contributed by atoms with E-state index in [2.05, 4.69) is 15.0 Å². The second-order valence-corrected chi connectivity index (χ2v) is 6.65. The van der Waals surface area contributed by atoms with E-state index in [-0.39, 0.29) is 24.8 Å². The largest absolute Gasteiger partial charge is 0.383 e. The third-order valence-electron chi connectivity index (χ3n) is 4.75. The molecule has 9 nitrogen and oxygen atoms in total. The second-order valence-electron chi connectivity index (χ2n) is 6.65. The van der Waals surface area contributed by atoms with Gasteiger partial charge in [0.15, 0.2) is 11.6 Å². The Hall–Kier alpha value is -2.46. The molecule has 0 saturated carbocycles. The molecule has 0 atom stereocenters. The topological polar surface area (TPSA) is 113 Å². The molecule has 11 heteroatoms. The molecule has 1 aliphatic rings. The fraction of sp³-hybridized carbons (Fsp3) is 0.368. The van der Waals surface area contributed by atoms with Crippen LogP contribution in [-0.4, -0.2) is 57.0 Å². The number of carbonyl (C=O) groups is 1. The van der Waals surface area contributed by atoms with Crippen LogP contribution in [0.25, 0.3) is 22.9 Å². The van der Waals surface area contributed by atoms with E-state index in [1.165, 1.54) is 0 Å². The molecule has 162 valence electrons. The smallest absolute Gasteiger partial charge is 0.248 e. The van der Waals surface area contributed by atoms with E-state index in [9.17, 15) is 4.79 Å². The van der Waals surface area contributed by atoms with Crippen LogP contribution in [0.2, 0.25) is 0 Å². The van der Waals surface area contributed by atoms with Crippen LogP contribution in [0.4, 0.5) is 0 Å². The van der Waals surface area contributed by atoms with Crippen LogP contribution in [-0.2, 0) is 24.2 Å². The van der Waals surface area contributed by atoms with Crippen molar-refractivity contribution in [1.29, 1.82) is 0 Å². The summed E-state index contributed by atoms with van der Waals surface area (Å²) in [7, 11) is 1.66. The van der Waals surface area contributed by atoms with E-state index in [4.69, 9.17) is 20.4 Å². The Morgan fingerprint density at radius 1 is 1.20 bits per heavy atom. The van der Waals surface area contributed by atoms with Gasteiger partial charge in [-0.15, -0.1) is 24.8 Å². The number of carbonyl (C=O) groups excluding carboxylic acids is 1. The third kappa shape index (κ3) is 4.99. The van der Waals surface area contributed by atoms with Crippen molar-refractivity contribution in [2.45, 2.75) is 19.5 Å². The highest BCUT2D eigenvalue weighted by Crippen LogP contribution is 2.23. The van der Waals surface area contributed by atoms with Crippen LogP contribution >= 0.6 is 24.8 Å². The lowest BCUT2D eigenvalue weighted by Gasteiger charge is -2.03. The number of methoxy groups -OCH3 is 1. The first-order valence-electron chi connectivity index (χ1n) is 9.27. The lowest BCUT2D eigenvalue weighted by molar-refractivity contribution is 0.100. The van der Waals surface area contributed by atoms with Crippen molar-refractivity contribution in [2.24, 2.45) is 5.73 Å². The number of amides is 1. The van der Waals surface area contributed by atoms with Crippen LogP contribution < -0.4 is 11.1 Å². The fourth-order valence-corrected chi connectivity index (χ4v) is 3.25. The summed E-state index contributed by atoms with van der Waals surface area (Å²) in [4.78, 5) is 20.8. The zero-order valence-electron chi connectivity index (χ0n) is 16.6. The van der Waals surface area contributed by atoms with Gasteiger partial charge in [0.25, 0.3) is 0 Å². The van der Waals surface area contributed by atoms with Gasteiger partial charge in [-0.25, -0.2) is 14.6 Å². The van der Waals surface area contributed by atoms with Gasteiger partial charge in [0.1, 0.15) is 11.5 Å². The van der Waals surface area contributed by atoms with Crippen molar-refractivity contribution in [3.63, 3.8) is 0 Å². The molecular formula is C19H25Cl2N7O2. The van der Waals surface area contributed by atoms with Gasteiger partial charge in [-0.05, 0) is 12.1 Å². The van der Waals surface area contributed by atoms with Gasteiger partial charge in [-0.1, -0.05) is 12.1 Å². The highest BCUT2D eigenvalue weighted by molar-refractivity contribution is 5.93. The van der Waals surface area contributed by atoms with E-state index in [1.807, 2.05) is 10.9 Å². The van der Waals surface area contributed by atoms with Crippen molar-refractivity contribution >= 4 is 30.7 Å². The predicted octanol–water partition coefficient (Wildman–Crippen LogP) is 1.54. The number of benzene rings is 1. The van der Waals surface area contributed by atoms with Gasteiger partial charge < -0.3 is 20.4 Å². The average Bonchev–Trinajstić information content (AvgIpc) is 3.24. The molecule has 3 N–H and O–H groups in total. The number of nitrogens with zero attached hydrogens (tertiary/aromatic N) is 5. The molecule has 30 heavy (non-hydrogen) atoms. The number of hydrogen-bond donors (Lipinski definition) is 2. The first-order chi connectivity index (χ1) is 13.7. The molecule has 1 aliphatic heterocycles. The number of fused-ring (bicyclic) bond motifs is 1. The average molecular weight is 454 g/mol. The van der Waals surface area contributed by atoms with Crippen LogP contribution in [0.5, 0.6) is 0 Å². The summed E-state index contributed by atoms with van der Waals surface area (Å²) in [6.07, 6.45) is 2.92. The summed E-state index contributed by atoms with van der Waals surface area (Å²) >= 11 is 0. The predicted molar refractivity (Wildman–Crippen MR) is 118 cm³/mol. The van der Waals surface area contributed by atoms with Gasteiger partial charge in [0.2, 0.25) is 5.91 Å². The van der Waals surface area contributed by atoms with Crippen LogP contribution in [0.1, 0.15) is 16.2 Å². The Bertz CT molecular complexity index is 962. The van der Waals surface area contributed by atoms with E-state index in [1.54, 1.807) is 31.4 Å². The van der Waals surface area contributed by atoms with E-state index < -0.39 is 5.91 Å². The number of halogens is 2. The molecule has 3 aromatic rings. The summed E-state index contributed by atoms with van der Waals surface area (Å²) in [5.41, 5.74) is 7.39. The van der Waals surface area contributed by atoms with Crippen molar-refractivity contribution in [3.05, 3.63) is 41.9 Å². The molecule has 0 fully saturated rings. The summed E-state index contributed by atoms with van der Waals surface area (Å²) in [5.74, 6) is 1.88. The Balaban J connectivity index is 0.00000160. The second kappa shape index (κ2) is 10.5. The van der Waals surface area contributed by atoms with Gasteiger partial charge in [0, 0.05) is 50.5 Å². The number of imidazole rings is 1. The highest BCUT2D eigenvalue weighted by Gasteiger charge is 2.19. The minimum Gasteiger partial charge on any atom is -0.383 e. The Morgan fingerprint density at radius 3 is 2.67 bits per heavy atom. The zero-order chi connectivity index (χ0) is 19.5.